The zero-order valence-corrected chi connectivity index (χ0v) is 11.7. The summed E-state index contributed by atoms with van der Waals surface area (Å²) in [5, 5.41) is 10.2. The van der Waals surface area contributed by atoms with Crippen LogP contribution < -0.4 is 0 Å². The summed E-state index contributed by atoms with van der Waals surface area (Å²) in [7, 11) is 0. The van der Waals surface area contributed by atoms with Gasteiger partial charge in [-0.2, -0.15) is 5.26 Å². The monoisotopic (exact) mass is 295 g/mol. The van der Waals surface area contributed by atoms with Gasteiger partial charge < -0.3 is 4.57 Å². The first-order valence-corrected chi connectivity index (χ1v) is 6.68. The lowest BCUT2D eigenvalue weighted by Gasteiger charge is -2.07. The van der Waals surface area contributed by atoms with Gasteiger partial charge in [-0.1, -0.05) is 17.7 Å². The maximum absolute atomic E-state index is 11.1. The highest BCUT2D eigenvalue weighted by molar-refractivity contribution is 6.31. The van der Waals surface area contributed by atoms with Crippen molar-refractivity contribution in [1.82, 2.24) is 9.55 Å². The summed E-state index contributed by atoms with van der Waals surface area (Å²) in [6.07, 6.45) is 4.27. The number of aromatic nitrogens is 2. The van der Waals surface area contributed by atoms with E-state index in [2.05, 4.69) is 11.1 Å². The van der Waals surface area contributed by atoms with Gasteiger partial charge in [0, 0.05) is 28.4 Å². The van der Waals surface area contributed by atoms with E-state index in [1.165, 1.54) is 0 Å². The van der Waals surface area contributed by atoms with E-state index in [9.17, 15) is 4.79 Å². The van der Waals surface area contributed by atoms with Crippen LogP contribution in [-0.2, 0) is 6.54 Å². The molecular formula is C16H10ClN3O. The molecule has 0 fully saturated rings. The van der Waals surface area contributed by atoms with Gasteiger partial charge in [0.25, 0.3) is 0 Å². The van der Waals surface area contributed by atoms with E-state index in [0.717, 1.165) is 22.9 Å². The molecule has 102 valence electrons. The zero-order valence-electron chi connectivity index (χ0n) is 11.0. The molecule has 3 rings (SSSR count). The van der Waals surface area contributed by atoms with Crippen LogP contribution in [0.25, 0.3) is 11.0 Å². The molecular weight excluding hydrogens is 286 g/mol. The first kappa shape index (κ1) is 13.3. The number of aldehydes is 1. The Bertz CT molecular complexity index is 877. The quantitative estimate of drug-likeness (QED) is 0.696. The van der Waals surface area contributed by atoms with Crippen molar-refractivity contribution in [1.29, 1.82) is 5.26 Å². The first-order valence-electron chi connectivity index (χ1n) is 6.30. The van der Waals surface area contributed by atoms with Gasteiger partial charge in [0.05, 0.1) is 18.2 Å². The lowest BCUT2D eigenvalue weighted by Crippen LogP contribution is -2.00. The maximum Gasteiger partial charge on any atom is 0.152 e. The molecule has 2 heterocycles. The highest BCUT2D eigenvalue weighted by Crippen LogP contribution is 2.23. The molecule has 2 aromatic heterocycles. The van der Waals surface area contributed by atoms with Crippen molar-refractivity contribution in [3.63, 3.8) is 0 Å². The predicted molar refractivity (Wildman–Crippen MR) is 80.4 cm³/mol. The van der Waals surface area contributed by atoms with Gasteiger partial charge in [-0.15, -0.1) is 0 Å². The van der Waals surface area contributed by atoms with Gasteiger partial charge in [-0.05, 0) is 29.8 Å². The summed E-state index contributed by atoms with van der Waals surface area (Å²) < 4.78 is 1.88. The van der Waals surface area contributed by atoms with Crippen LogP contribution in [0.5, 0.6) is 0 Å². The van der Waals surface area contributed by atoms with Gasteiger partial charge in [-0.3, -0.25) is 4.79 Å². The number of pyridine rings is 1. The normalized spacial score (nSPS) is 10.5. The smallest absolute Gasteiger partial charge is 0.152 e. The number of nitriles is 1. The summed E-state index contributed by atoms with van der Waals surface area (Å²) in [5.74, 6) is 0. The van der Waals surface area contributed by atoms with Gasteiger partial charge in [0.15, 0.2) is 6.29 Å². The number of rotatable bonds is 3. The third-order valence-electron chi connectivity index (χ3n) is 3.31. The average Bonchev–Trinajstić information content (AvgIpc) is 2.87. The molecule has 0 amide bonds. The Morgan fingerprint density at radius 1 is 1.38 bits per heavy atom. The van der Waals surface area contributed by atoms with Crippen molar-refractivity contribution < 1.29 is 4.79 Å². The Morgan fingerprint density at radius 3 is 2.95 bits per heavy atom. The molecule has 0 aliphatic carbocycles. The number of carbonyl (C=O) groups excluding carboxylic acids is 1. The summed E-state index contributed by atoms with van der Waals surface area (Å²) >= 11 is 6.20. The summed E-state index contributed by atoms with van der Waals surface area (Å²) in [5.41, 5.74) is 2.73. The number of nitrogens with zero attached hydrogens (tertiary/aromatic N) is 3. The van der Waals surface area contributed by atoms with Crippen molar-refractivity contribution in [3.8, 4) is 6.07 Å². The highest BCUT2D eigenvalue weighted by atomic mass is 35.5. The van der Waals surface area contributed by atoms with Gasteiger partial charge in [0.2, 0.25) is 0 Å². The highest BCUT2D eigenvalue weighted by Gasteiger charge is 2.10. The van der Waals surface area contributed by atoms with Crippen LogP contribution in [0.3, 0.4) is 0 Å². The number of hydrogen-bond acceptors (Lipinski definition) is 3. The molecule has 0 unspecified atom stereocenters. The molecule has 0 saturated heterocycles. The second-order valence-electron chi connectivity index (χ2n) is 4.62. The van der Waals surface area contributed by atoms with Crippen LogP contribution in [0, 0.1) is 11.3 Å². The lowest BCUT2D eigenvalue weighted by atomic mass is 10.1. The number of fused-ring (bicyclic) bond motifs is 1. The summed E-state index contributed by atoms with van der Waals surface area (Å²) in [6, 6.07) is 10.9. The number of carbonyl (C=O) groups is 1. The molecule has 0 atom stereocenters. The topological polar surface area (TPSA) is 58.7 Å². The van der Waals surface area contributed by atoms with Gasteiger partial charge in [0.1, 0.15) is 5.65 Å². The van der Waals surface area contributed by atoms with E-state index in [4.69, 9.17) is 16.9 Å². The Balaban J connectivity index is 2.06. The molecule has 4 nitrogen and oxygen atoms in total. The van der Waals surface area contributed by atoms with Crippen LogP contribution in [0.4, 0.5) is 0 Å². The van der Waals surface area contributed by atoms with Crippen LogP contribution >= 0.6 is 11.6 Å². The van der Waals surface area contributed by atoms with Crippen molar-refractivity contribution >= 4 is 28.9 Å². The Hall–Kier alpha value is -2.64. The standard InChI is InChI=1S/C16H10ClN3O/c17-15-6-11(7-18)3-4-12(15)8-20-9-13(10-21)14-2-1-5-19-16(14)20/h1-6,9-10H,8H2. The summed E-state index contributed by atoms with van der Waals surface area (Å²) in [4.78, 5) is 15.5. The van der Waals surface area contributed by atoms with Crippen LogP contribution in [0.2, 0.25) is 5.02 Å². The van der Waals surface area contributed by atoms with E-state index in [-0.39, 0.29) is 0 Å². The molecule has 1 aromatic carbocycles. The molecule has 5 heteroatoms. The number of benzene rings is 1. The molecule has 21 heavy (non-hydrogen) atoms. The Morgan fingerprint density at radius 2 is 2.24 bits per heavy atom. The van der Waals surface area contributed by atoms with Crippen molar-refractivity contribution in [3.05, 3.63) is 64.4 Å². The lowest BCUT2D eigenvalue weighted by molar-refractivity contribution is 0.112. The fourth-order valence-corrected chi connectivity index (χ4v) is 2.53. The minimum Gasteiger partial charge on any atom is -0.327 e. The second-order valence-corrected chi connectivity index (χ2v) is 5.03. The molecule has 0 aliphatic heterocycles. The molecule has 0 radical (unpaired) electrons. The number of hydrogen-bond donors (Lipinski definition) is 0. The molecule has 0 N–H and O–H groups in total. The third-order valence-corrected chi connectivity index (χ3v) is 3.67. The van der Waals surface area contributed by atoms with E-state index < -0.39 is 0 Å². The number of halogens is 1. The van der Waals surface area contributed by atoms with Gasteiger partial charge >= 0.3 is 0 Å². The fraction of sp³-hybridized carbons (Fsp3) is 0.0625. The minimum atomic E-state index is 0.492. The van der Waals surface area contributed by atoms with Crippen molar-refractivity contribution in [2.75, 3.05) is 0 Å². The molecule has 0 saturated carbocycles. The average molecular weight is 296 g/mol. The molecule has 0 bridgehead atoms. The SMILES string of the molecule is N#Cc1ccc(Cn2cc(C=O)c3cccnc32)c(Cl)c1. The zero-order chi connectivity index (χ0) is 14.8. The van der Waals surface area contributed by atoms with Crippen LogP contribution in [0.1, 0.15) is 21.5 Å². The van der Waals surface area contributed by atoms with E-state index in [0.29, 0.717) is 22.7 Å². The summed E-state index contributed by atoms with van der Waals surface area (Å²) in [6.45, 7) is 0.492. The van der Waals surface area contributed by atoms with E-state index >= 15 is 0 Å². The van der Waals surface area contributed by atoms with E-state index in [1.54, 1.807) is 30.6 Å². The Kier molecular flexibility index (Phi) is 3.43. The predicted octanol–water partition coefficient (Wildman–Crippen LogP) is 3.42. The molecule has 3 aromatic rings. The van der Waals surface area contributed by atoms with Crippen LogP contribution in [-0.4, -0.2) is 15.8 Å². The third kappa shape index (κ3) is 2.39. The minimum absolute atomic E-state index is 0.492. The second kappa shape index (κ2) is 5.39. The van der Waals surface area contributed by atoms with Crippen molar-refractivity contribution in [2.24, 2.45) is 0 Å². The Labute approximate surface area is 126 Å². The molecule has 0 aliphatic rings. The van der Waals surface area contributed by atoms with Gasteiger partial charge in [-0.25, -0.2) is 4.98 Å². The van der Waals surface area contributed by atoms with Crippen LogP contribution in [0.15, 0.2) is 42.7 Å². The van der Waals surface area contributed by atoms with Crippen molar-refractivity contribution in [2.45, 2.75) is 6.54 Å². The van der Waals surface area contributed by atoms with E-state index in [1.807, 2.05) is 16.7 Å². The first-order chi connectivity index (χ1) is 10.2. The maximum atomic E-state index is 11.1. The fourth-order valence-electron chi connectivity index (χ4n) is 2.29. The largest absolute Gasteiger partial charge is 0.327 e. The molecule has 0 spiro atoms.